The predicted molar refractivity (Wildman–Crippen MR) is 136 cm³/mol. The number of β-lactam (4-membered cyclic amide) rings is 1. The normalized spacial score (nSPS) is 18.9. The van der Waals surface area contributed by atoms with Crippen LogP contribution in [0.25, 0.3) is 0 Å². The molecule has 11 heteroatoms. The van der Waals surface area contributed by atoms with Crippen molar-refractivity contribution in [2.45, 2.75) is 55.8 Å². The number of hydrogen-bond donors (Lipinski definition) is 1. The van der Waals surface area contributed by atoms with Gasteiger partial charge in [0.1, 0.15) is 5.54 Å². The summed E-state index contributed by atoms with van der Waals surface area (Å²) in [5.74, 6) is -0.373. The number of para-hydroxylation sites is 1. The molecule has 1 fully saturated rings. The fourth-order valence-corrected chi connectivity index (χ4v) is 6.38. The van der Waals surface area contributed by atoms with Crippen molar-refractivity contribution in [3.63, 3.8) is 0 Å². The fraction of sp³-hybridized carbons (Fsp3) is 0.458. The van der Waals surface area contributed by atoms with Gasteiger partial charge < -0.3 is 9.33 Å². The summed E-state index contributed by atoms with van der Waals surface area (Å²) in [6, 6.07) is 14.2. The average molecular weight is 520 g/mol. The van der Waals surface area contributed by atoms with Crippen LogP contribution < -0.4 is 4.72 Å². The molecule has 0 aliphatic carbocycles. The smallest absolute Gasteiger partial charge is 0.289 e. The summed E-state index contributed by atoms with van der Waals surface area (Å²) >= 11 is 0. The van der Waals surface area contributed by atoms with Crippen LogP contribution in [0.15, 0.2) is 59.5 Å². The second-order valence-corrected chi connectivity index (χ2v) is 16.9. The molecule has 2 aromatic rings. The van der Waals surface area contributed by atoms with Crippen molar-refractivity contribution in [1.29, 1.82) is 0 Å². The van der Waals surface area contributed by atoms with Crippen LogP contribution in [-0.2, 0) is 25.7 Å². The van der Waals surface area contributed by atoms with Gasteiger partial charge >= 0.3 is 0 Å². The third-order valence-electron chi connectivity index (χ3n) is 6.82. The van der Waals surface area contributed by atoms with Gasteiger partial charge in [0.2, 0.25) is 15.9 Å². The van der Waals surface area contributed by atoms with E-state index in [-0.39, 0.29) is 23.9 Å². The summed E-state index contributed by atoms with van der Waals surface area (Å²) in [4.78, 5) is 25.2. The average Bonchev–Trinajstić information content (AvgIpc) is 2.77. The Bertz CT molecular complexity index is 1200. The van der Waals surface area contributed by atoms with E-state index in [0.717, 1.165) is 11.6 Å². The number of sulfonamides is 1. The lowest BCUT2D eigenvalue weighted by Gasteiger charge is -2.49. The van der Waals surface area contributed by atoms with Gasteiger partial charge in [0.25, 0.3) is 5.69 Å². The Hall–Kier alpha value is -2.60. The van der Waals surface area contributed by atoms with Gasteiger partial charge in [0.05, 0.1) is 11.5 Å². The maximum absolute atomic E-state index is 13.4. The third-order valence-corrected chi connectivity index (χ3v) is 12.9. The minimum Gasteiger partial charge on any atom is -0.415 e. The Kier molecular flexibility index (Phi) is 7.56. The molecule has 0 spiro atoms. The predicted octanol–water partition coefficient (Wildman–Crippen LogP) is 3.72. The Morgan fingerprint density at radius 2 is 1.71 bits per heavy atom. The number of carbonyl (C=O) groups is 1. The monoisotopic (exact) mass is 519 g/mol. The van der Waals surface area contributed by atoms with Crippen molar-refractivity contribution < 1.29 is 22.6 Å². The van der Waals surface area contributed by atoms with Crippen molar-refractivity contribution in [3.8, 4) is 0 Å². The molecule has 3 rings (SSSR count). The maximum atomic E-state index is 13.4. The molecule has 0 unspecified atom stereocenters. The van der Waals surface area contributed by atoms with E-state index in [1.807, 2.05) is 30.3 Å². The summed E-state index contributed by atoms with van der Waals surface area (Å²) in [7, 11) is -6.35. The molecule has 1 aliphatic heterocycles. The van der Waals surface area contributed by atoms with Crippen LogP contribution in [-0.4, -0.2) is 57.7 Å². The first-order valence-electron chi connectivity index (χ1n) is 11.4. The lowest BCUT2D eigenvalue weighted by atomic mass is 9.83. The van der Waals surface area contributed by atoms with Crippen molar-refractivity contribution in [2.24, 2.45) is 0 Å². The van der Waals surface area contributed by atoms with Crippen molar-refractivity contribution in [1.82, 2.24) is 9.62 Å². The molecule has 1 amide bonds. The highest BCUT2D eigenvalue weighted by molar-refractivity contribution is 7.89. The molecule has 1 atom stereocenters. The van der Waals surface area contributed by atoms with Gasteiger partial charge in [-0.3, -0.25) is 14.9 Å². The van der Waals surface area contributed by atoms with Gasteiger partial charge in [0.15, 0.2) is 13.2 Å². The van der Waals surface area contributed by atoms with Crippen LogP contribution >= 0.6 is 0 Å². The minimum atomic E-state index is -4.36. The number of hydrogen-bond acceptors (Lipinski definition) is 6. The molecule has 1 heterocycles. The Balaban J connectivity index is 1.83. The molecule has 9 nitrogen and oxygen atoms in total. The molecule has 0 aromatic heterocycles. The van der Waals surface area contributed by atoms with E-state index >= 15 is 0 Å². The van der Waals surface area contributed by atoms with Crippen LogP contribution in [0.3, 0.4) is 0 Å². The summed E-state index contributed by atoms with van der Waals surface area (Å²) in [6.07, 6.45) is 0.131. The van der Waals surface area contributed by atoms with Gasteiger partial charge in [0, 0.05) is 25.6 Å². The molecule has 2 aromatic carbocycles. The van der Waals surface area contributed by atoms with E-state index in [1.165, 1.54) is 18.2 Å². The van der Waals surface area contributed by atoms with E-state index in [0.29, 0.717) is 13.2 Å². The summed E-state index contributed by atoms with van der Waals surface area (Å²) < 4.78 is 35.2. The van der Waals surface area contributed by atoms with Crippen molar-refractivity contribution in [3.05, 3.63) is 70.3 Å². The molecule has 0 bridgehead atoms. The highest BCUT2D eigenvalue weighted by Crippen LogP contribution is 2.37. The SMILES string of the molecule is CC(C)(C)[Si](C)(C)OCCN1C[C@](Cc2ccccc2)(NS(=O)(=O)c2ccccc2[N+](=O)[O-])C1=O. The number of amides is 1. The lowest BCUT2D eigenvalue weighted by molar-refractivity contribution is -0.387. The third kappa shape index (κ3) is 5.80. The van der Waals surface area contributed by atoms with Gasteiger partial charge in [-0.1, -0.05) is 63.2 Å². The molecule has 0 radical (unpaired) electrons. The quantitative estimate of drug-likeness (QED) is 0.221. The van der Waals surface area contributed by atoms with E-state index < -0.39 is 39.4 Å². The number of nitro benzene ring substituents is 1. The molecular weight excluding hydrogens is 486 g/mol. The van der Waals surface area contributed by atoms with Crippen LogP contribution in [0.2, 0.25) is 18.1 Å². The zero-order chi connectivity index (χ0) is 26.1. The molecule has 35 heavy (non-hydrogen) atoms. The Morgan fingerprint density at radius 3 is 2.29 bits per heavy atom. The summed E-state index contributed by atoms with van der Waals surface area (Å²) in [5.41, 5.74) is -1.19. The summed E-state index contributed by atoms with van der Waals surface area (Å²) in [5, 5.41) is 11.5. The number of nitrogens with one attached hydrogen (secondary N) is 1. The second kappa shape index (κ2) is 9.80. The van der Waals surface area contributed by atoms with Gasteiger partial charge in [-0.2, -0.15) is 4.72 Å². The Labute approximate surface area is 207 Å². The number of carbonyl (C=O) groups excluding carboxylic acids is 1. The maximum Gasteiger partial charge on any atom is 0.289 e. The number of nitrogens with zero attached hydrogens (tertiary/aromatic N) is 2. The van der Waals surface area contributed by atoms with E-state index in [4.69, 9.17) is 4.43 Å². The number of benzene rings is 2. The number of nitro groups is 1. The van der Waals surface area contributed by atoms with Crippen LogP contribution in [0, 0.1) is 10.1 Å². The highest BCUT2D eigenvalue weighted by atomic mass is 32.2. The van der Waals surface area contributed by atoms with E-state index in [9.17, 15) is 23.3 Å². The second-order valence-electron chi connectivity index (χ2n) is 10.4. The van der Waals surface area contributed by atoms with Gasteiger partial charge in [-0.15, -0.1) is 0 Å². The van der Waals surface area contributed by atoms with Gasteiger partial charge in [-0.25, -0.2) is 8.42 Å². The standard InChI is InChI=1S/C24H33N3O6SSi/c1-23(2,3)35(4,5)33-16-15-26-18-24(22(26)28,17-19-11-7-6-8-12-19)25-34(31,32)21-14-10-9-13-20(21)27(29)30/h6-14,25H,15-18H2,1-5H3/t24-/m0/s1. The zero-order valence-corrected chi connectivity index (χ0v) is 22.6. The first-order valence-corrected chi connectivity index (χ1v) is 15.8. The van der Waals surface area contributed by atoms with Gasteiger partial charge in [-0.05, 0) is 29.8 Å². The minimum absolute atomic E-state index is 0.0308. The molecule has 190 valence electrons. The molecule has 1 aliphatic rings. The van der Waals surface area contributed by atoms with E-state index in [1.54, 1.807) is 4.90 Å². The lowest BCUT2D eigenvalue weighted by Crippen LogP contribution is -2.75. The number of likely N-dealkylation sites (tertiary alicyclic amines) is 1. The molecular formula is C24H33N3O6SSi. The topological polar surface area (TPSA) is 119 Å². The van der Waals surface area contributed by atoms with Crippen molar-refractivity contribution >= 4 is 29.9 Å². The molecule has 0 saturated carbocycles. The van der Waals surface area contributed by atoms with Crippen LogP contribution in [0.5, 0.6) is 0 Å². The fourth-order valence-electron chi connectivity index (χ4n) is 3.82. The number of rotatable bonds is 10. The van der Waals surface area contributed by atoms with Crippen LogP contribution in [0.1, 0.15) is 26.3 Å². The highest BCUT2D eigenvalue weighted by Gasteiger charge is 2.54. The van der Waals surface area contributed by atoms with Crippen LogP contribution in [0.4, 0.5) is 5.69 Å². The van der Waals surface area contributed by atoms with Crippen molar-refractivity contribution in [2.75, 3.05) is 19.7 Å². The van der Waals surface area contributed by atoms with E-state index in [2.05, 4.69) is 38.6 Å². The molecule has 1 N–H and O–H groups in total. The first-order chi connectivity index (χ1) is 16.2. The zero-order valence-electron chi connectivity index (χ0n) is 20.8. The molecule has 1 saturated heterocycles. The largest absolute Gasteiger partial charge is 0.415 e. The summed E-state index contributed by atoms with van der Waals surface area (Å²) in [6.45, 7) is 11.5. The Morgan fingerprint density at radius 1 is 1.11 bits per heavy atom. The first kappa shape index (κ1) is 27.0.